The van der Waals surface area contributed by atoms with Gasteiger partial charge in [0, 0.05) is 37.2 Å². The summed E-state index contributed by atoms with van der Waals surface area (Å²) in [6.45, 7) is 0.869. The molecule has 2 atom stereocenters. The molecule has 35 heavy (non-hydrogen) atoms. The zero-order valence-corrected chi connectivity index (χ0v) is 19.5. The summed E-state index contributed by atoms with van der Waals surface area (Å²) in [7, 11) is 0. The predicted octanol–water partition coefficient (Wildman–Crippen LogP) is 5.06. The summed E-state index contributed by atoms with van der Waals surface area (Å²) in [5.74, 6) is -0.453. The Morgan fingerprint density at radius 2 is 1.69 bits per heavy atom. The number of carbonyl (C=O) groups excluding carboxylic acids is 1. The van der Waals surface area contributed by atoms with E-state index < -0.39 is 41.3 Å². The molecule has 2 aliphatic rings. The smallest absolute Gasteiger partial charge is 0.381 e. The van der Waals surface area contributed by atoms with Crippen molar-refractivity contribution < 1.29 is 35.9 Å². The summed E-state index contributed by atoms with van der Waals surface area (Å²) in [5.41, 5.74) is -1.93. The van der Waals surface area contributed by atoms with E-state index in [0.717, 1.165) is 12.8 Å². The highest BCUT2D eigenvalue weighted by atomic mass is 32.1. The maximum Gasteiger partial charge on any atom is 0.416 e. The molecule has 2 aromatic rings. The summed E-state index contributed by atoms with van der Waals surface area (Å²) < 4.78 is 84.5. The minimum absolute atomic E-state index is 0.0379. The molecule has 192 valence electrons. The standard InChI is InChI=1S/C23H25F6N3O2S/c24-22(25,26)15-7-14(8-16(9-15)23(27,28)29)11-30-20(33)21(19-12-35-13-31-19)4-1-18(10-21)32-17-2-5-34-6-3-17/h7-9,12-13,17-18,32H,1-6,10-11H2,(H,30,33). The quantitative estimate of drug-likeness (QED) is 0.522. The predicted molar refractivity (Wildman–Crippen MR) is 117 cm³/mol. The fourth-order valence-corrected chi connectivity index (χ4v) is 5.51. The molecule has 0 bridgehead atoms. The van der Waals surface area contributed by atoms with Crippen molar-refractivity contribution in [3.8, 4) is 0 Å². The first kappa shape index (κ1) is 25.9. The van der Waals surface area contributed by atoms with E-state index >= 15 is 0 Å². The SMILES string of the molecule is O=C(NCc1cc(C(F)(F)F)cc(C(F)(F)F)c1)C1(c2cscn2)CCC(NC2CCOCC2)C1. The molecule has 0 spiro atoms. The first-order chi connectivity index (χ1) is 16.5. The van der Waals surface area contributed by atoms with Gasteiger partial charge in [-0.05, 0) is 55.9 Å². The summed E-state index contributed by atoms with van der Waals surface area (Å²) >= 11 is 1.33. The van der Waals surface area contributed by atoms with Gasteiger partial charge in [-0.15, -0.1) is 11.3 Å². The average molecular weight is 522 g/mol. The lowest BCUT2D eigenvalue weighted by molar-refractivity contribution is -0.143. The molecule has 1 saturated carbocycles. The highest BCUT2D eigenvalue weighted by Crippen LogP contribution is 2.42. The monoisotopic (exact) mass is 521 g/mol. The number of thiazole rings is 1. The first-order valence-electron chi connectivity index (χ1n) is 11.3. The van der Waals surface area contributed by atoms with Crippen LogP contribution in [0, 0.1) is 0 Å². The second kappa shape index (κ2) is 10.1. The molecule has 1 amide bonds. The minimum atomic E-state index is -4.95. The van der Waals surface area contributed by atoms with Crippen molar-refractivity contribution in [1.29, 1.82) is 0 Å². The van der Waals surface area contributed by atoms with Crippen molar-refractivity contribution >= 4 is 17.2 Å². The molecule has 2 heterocycles. The molecule has 2 N–H and O–H groups in total. The van der Waals surface area contributed by atoms with Gasteiger partial charge in [0.15, 0.2) is 0 Å². The third kappa shape index (κ3) is 5.97. The van der Waals surface area contributed by atoms with Crippen LogP contribution in [-0.2, 0) is 33.8 Å². The number of benzene rings is 1. The van der Waals surface area contributed by atoms with Gasteiger partial charge in [-0.1, -0.05) is 0 Å². The van der Waals surface area contributed by atoms with Crippen LogP contribution in [-0.4, -0.2) is 36.2 Å². The van der Waals surface area contributed by atoms with Gasteiger partial charge in [0.1, 0.15) is 0 Å². The van der Waals surface area contributed by atoms with Gasteiger partial charge in [0.25, 0.3) is 0 Å². The maximum absolute atomic E-state index is 13.4. The molecular weight excluding hydrogens is 496 g/mol. The highest BCUT2D eigenvalue weighted by molar-refractivity contribution is 7.07. The molecule has 2 unspecified atom stereocenters. The van der Waals surface area contributed by atoms with E-state index in [1.807, 2.05) is 0 Å². The summed E-state index contributed by atoms with van der Waals surface area (Å²) in [6, 6.07) is 1.65. The fraction of sp³-hybridized carbons (Fsp3) is 0.565. The summed E-state index contributed by atoms with van der Waals surface area (Å²) in [6.07, 6.45) is -6.56. The third-order valence-electron chi connectivity index (χ3n) is 6.66. The molecule has 12 heteroatoms. The lowest BCUT2D eigenvalue weighted by Gasteiger charge is -2.29. The molecule has 5 nitrogen and oxygen atoms in total. The molecule has 1 aromatic carbocycles. The molecule has 1 aliphatic heterocycles. The lowest BCUT2D eigenvalue weighted by atomic mass is 9.81. The van der Waals surface area contributed by atoms with Gasteiger partial charge in [0.05, 0.1) is 27.7 Å². The van der Waals surface area contributed by atoms with Crippen LogP contribution in [0.2, 0.25) is 0 Å². The van der Waals surface area contributed by atoms with E-state index in [2.05, 4.69) is 15.6 Å². The fourth-order valence-electron chi connectivity index (χ4n) is 4.86. The van der Waals surface area contributed by atoms with Crippen molar-refractivity contribution in [3.63, 3.8) is 0 Å². The average Bonchev–Trinajstić information content (AvgIpc) is 3.48. The van der Waals surface area contributed by atoms with E-state index in [1.165, 1.54) is 11.3 Å². The second-order valence-corrected chi connectivity index (χ2v) is 9.76. The molecule has 1 saturated heterocycles. The van der Waals surface area contributed by atoms with E-state index in [0.29, 0.717) is 50.3 Å². The molecule has 4 rings (SSSR count). The zero-order chi connectivity index (χ0) is 25.3. The van der Waals surface area contributed by atoms with Crippen molar-refractivity contribution in [2.45, 2.75) is 68.5 Å². The van der Waals surface area contributed by atoms with Crippen molar-refractivity contribution in [1.82, 2.24) is 15.6 Å². The van der Waals surface area contributed by atoms with E-state index in [4.69, 9.17) is 4.74 Å². The minimum Gasteiger partial charge on any atom is -0.381 e. The lowest BCUT2D eigenvalue weighted by Crippen LogP contribution is -2.46. The number of carbonyl (C=O) groups is 1. The van der Waals surface area contributed by atoms with Crippen LogP contribution in [0.4, 0.5) is 26.3 Å². The number of ether oxygens (including phenoxy) is 1. The van der Waals surface area contributed by atoms with E-state index in [1.54, 1.807) is 10.9 Å². The summed E-state index contributed by atoms with van der Waals surface area (Å²) in [4.78, 5) is 17.7. The Kier molecular flexibility index (Phi) is 7.44. The molecule has 0 radical (unpaired) electrons. The summed E-state index contributed by atoms with van der Waals surface area (Å²) in [5, 5.41) is 7.94. The first-order valence-corrected chi connectivity index (χ1v) is 12.2. The maximum atomic E-state index is 13.4. The van der Waals surface area contributed by atoms with Gasteiger partial charge in [-0.25, -0.2) is 4.98 Å². The van der Waals surface area contributed by atoms with Crippen LogP contribution in [0.25, 0.3) is 0 Å². The van der Waals surface area contributed by atoms with Crippen LogP contribution in [0.1, 0.15) is 54.5 Å². The Balaban J connectivity index is 1.52. The topological polar surface area (TPSA) is 63.2 Å². The Hall–Kier alpha value is -2.18. The van der Waals surface area contributed by atoms with Crippen LogP contribution >= 0.6 is 11.3 Å². The van der Waals surface area contributed by atoms with Gasteiger partial charge in [0.2, 0.25) is 5.91 Å². The Labute approximate surface area is 202 Å². The number of nitrogens with zero attached hydrogens (tertiary/aromatic N) is 1. The number of hydrogen-bond acceptors (Lipinski definition) is 5. The largest absolute Gasteiger partial charge is 0.416 e. The number of hydrogen-bond donors (Lipinski definition) is 2. The molecule has 1 aromatic heterocycles. The van der Waals surface area contributed by atoms with Gasteiger partial charge >= 0.3 is 12.4 Å². The van der Waals surface area contributed by atoms with Gasteiger partial charge in [-0.2, -0.15) is 26.3 Å². The van der Waals surface area contributed by atoms with E-state index in [-0.39, 0.29) is 23.7 Å². The van der Waals surface area contributed by atoms with Crippen LogP contribution in [0.3, 0.4) is 0 Å². The Bertz CT molecular complexity index is 989. The molecular formula is C23H25F6N3O2S. The van der Waals surface area contributed by atoms with Crippen molar-refractivity contribution in [2.24, 2.45) is 0 Å². The van der Waals surface area contributed by atoms with Crippen molar-refractivity contribution in [2.75, 3.05) is 13.2 Å². The molecule has 1 aliphatic carbocycles. The number of aromatic nitrogens is 1. The second-order valence-electron chi connectivity index (χ2n) is 9.05. The van der Waals surface area contributed by atoms with Crippen molar-refractivity contribution in [3.05, 3.63) is 51.5 Å². The normalized spacial score (nSPS) is 24.0. The van der Waals surface area contributed by atoms with E-state index in [9.17, 15) is 31.1 Å². The van der Waals surface area contributed by atoms with Crippen LogP contribution < -0.4 is 10.6 Å². The van der Waals surface area contributed by atoms with Gasteiger partial charge < -0.3 is 15.4 Å². The highest BCUT2D eigenvalue weighted by Gasteiger charge is 2.48. The Morgan fingerprint density at radius 3 is 2.26 bits per heavy atom. The molecule has 2 fully saturated rings. The number of nitrogens with one attached hydrogen (secondary N) is 2. The Morgan fingerprint density at radius 1 is 1.03 bits per heavy atom. The van der Waals surface area contributed by atoms with Crippen LogP contribution in [0.15, 0.2) is 29.1 Å². The number of alkyl halides is 6. The number of halogens is 6. The number of rotatable bonds is 6. The number of amides is 1. The zero-order valence-electron chi connectivity index (χ0n) is 18.6. The van der Waals surface area contributed by atoms with Crippen LogP contribution in [0.5, 0.6) is 0 Å². The third-order valence-corrected chi connectivity index (χ3v) is 7.25. The van der Waals surface area contributed by atoms with Gasteiger partial charge in [-0.3, -0.25) is 4.79 Å².